The summed E-state index contributed by atoms with van der Waals surface area (Å²) >= 11 is 5.95. The highest BCUT2D eigenvalue weighted by Crippen LogP contribution is 2.25. The summed E-state index contributed by atoms with van der Waals surface area (Å²) in [4.78, 5) is 0.0617. The zero-order chi connectivity index (χ0) is 11.8. The van der Waals surface area contributed by atoms with Gasteiger partial charge in [-0.05, 0) is 18.2 Å². The van der Waals surface area contributed by atoms with Gasteiger partial charge in [0.05, 0.1) is 21.6 Å². The molecule has 16 heavy (non-hydrogen) atoms. The van der Waals surface area contributed by atoms with E-state index in [1.807, 2.05) is 0 Å². The largest absolute Gasteiger partial charge is 0.379 e. The normalized spacial score (nSPS) is 16.9. The molecule has 1 fully saturated rings. The Labute approximate surface area is 99.0 Å². The number of anilines is 1. The second-order valence-electron chi connectivity index (χ2n) is 3.69. The molecule has 0 amide bonds. The van der Waals surface area contributed by atoms with E-state index in [2.05, 4.69) is 10.6 Å². The van der Waals surface area contributed by atoms with Crippen molar-refractivity contribution < 1.29 is 8.42 Å². The van der Waals surface area contributed by atoms with Crippen molar-refractivity contribution in [3.63, 3.8) is 0 Å². The van der Waals surface area contributed by atoms with Crippen molar-refractivity contribution in [2.45, 2.75) is 10.9 Å². The Morgan fingerprint density at radius 1 is 1.44 bits per heavy atom. The predicted octanol–water partition coefficient (Wildman–Crippen LogP) is 0.371. The quantitative estimate of drug-likeness (QED) is 0.734. The van der Waals surface area contributed by atoms with E-state index in [0.717, 1.165) is 13.1 Å². The Morgan fingerprint density at radius 3 is 2.62 bits per heavy atom. The van der Waals surface area contributed by atoms with Gasteiger partial charge < -0.3 is 10.6 Å². The molecule has 0 aliphatic carbocycles. The van der Waals surface area contributed by atoms with E-state index in [4.69, 9.17) is 16.7 Å². The first-order valence-corrected chi connectivity index (χ1v) is 6.69. The topological polar surface area (TPSA) is 84.2 Å². The van der Waals surface area contributed by atoms with Crippen LogP contribution in [0.1, 0.15) is 0 Å². The van der Waals surface area contributed by atoms with Gasteiger partial charge in [-0.1, -0.05) is 11.6 Å². The fourth-order valence-corrected chi connectivity index (χ4v) is 2.11. The summed E-state index contributed by atoms with van der Waals surface area (Å²) in [5.41, 5.74) is 0.597. The van der Waals surface area contributed by atoms with Crippen LogP contribution in [0, 0.1) is 0 Å². The monoisotopic (exact) mass is 261 g/mol. The Bertz CT molecular complexity index is 499. The van der Waals surface area contributed by atoms with Crippen LogP contribution in [0.2, 0.25) is 5.02 Å². The maximum atomic E-state index is 11.2. The molecule has 88 valence electrons. The summed E-state index contributed by atoms with van der Waals surface area (Å²) in [6, 6.07) is 4.65. The zero-order valence-electron chi connectivity index (χ0n) is 8.40. The van der Waals surface area contributed by atoms with E-state index >= 15 is 0 Å². The molecule has 5 nitrogen and oxygen atoms in total. The molecule has 1 aliphatic heterocycles. The summed E-state index contributed by atoms with van der Waals surface area (Å²) in [5, 5.41) is 11.8. The van der Waals surface area contributed by atoms with Crippen molar-refractivity contribution in [2.75, 3.05) is 18.4 Å². The minimum atomic E-state index is -3.68. The molecule has 1 aromatic rings. The lowest BCUT2D eigenvalue weighted by molar-refractivity contribution is 0.472. The lowest BCUT2D eigenvalue weighted by atomic mass is 10.1. The Kier molecular flexibility index (Phi) is 3.07. The number of hydrogen-bond donors (Lipinski definition) is 3. The maximum Gasteiger partial charge on any atom is 0.238 e. The molecule has 1 saturated heterocycles. The van der Waals surface area contributed by atoms with Crippen molar-refractivity contribution in [2.24, 2.45) is 5.14 Å². The number of nitrogens with two attached hydrogens (primary N) is 1. The third-order valence-corrected chi connectivity index (χ3v) is 3.65. The number of sulfonamides is 1. The van der Waals surface area contributed by atoms with E-state index in [1.54, 1.807) is 0 Å². The zero-order valence-corrected chi connectivity index (χ0v) is 9.98. The number of nitrogens with one attached hydrogen (secondary N) is 2. The van der Waals surface area contributed by atoms with E-state index in [-0.39, 0.29) is 10.9 Å². The molecule has 1 aromatic carbocycles. The van der Waals surface area contributed by atoms with E-state index in [9.17, 15) is 8.42 Å². The minimum absolute atomic E-state index is 0.0617. The molecule has 0 spiro atoms. The first kappa shape index (κ1) is 11.7. The van der Waals surface area contributed by atoms with Gasteiger partial charge in [-0.3, -0.25) is 0 Å². The van der Waals surface area contributed by atoms with Gasteiger partial charge >= 0.3 is 0 Å². The molecule has 0 radical (unpaired) electrons. The summed E-state index contributed by atoms with van der Waals surface area (Å²) in [6.07, 6.45) is 0. The van der Waals surface area contributed by atoms with Crippen LogP contribution in [0.25, 0.3) is 0 Å². The molecular formula is C9H12ClN3O2S. The van der Waals surface area contributed by atoms with Crippen molar-refractivity contribution in [3.8, 4) is 0 Å². The molecule has 2 rings (SSSR count). The summed E-state index contributed by atoms with van der Waals surface area (Å²) in [5.74, 6) is 0. The van der Waals surface area contributed by atoms with Gasteiger partial charge in [0, 0.05) is 13.1 Å². The van der Waals surface area contributed by atoms with E-state index < -0.39 is 10.0 Å². The van der Waals surface area contributed by atoms with Crippen molar-refractivity contribution in [1.29, 1.82) is 0 Å². The standard InChI is InChI=1S/C9H12ClN3O2S/c10-8-2-1-7(16(11,14)15)3-9(8)13-6-4-12-5-6/h1-3,6,12-13H,4-5H2,(H2,11,14,15). The molecule has 4 N–H and O–H groups in total. The van der Waals surface area contributed by atoms with Crippen LogP contribution in [0.4, 0.5) is 5.69 Å². The first-order chi connectivity index (χ1) is 7.47. The molecule has 0 aromatic heterocycles. The molecule has 7 heteroatoms. The summed E-state index contributed by atoms with van der Waals surface area (Å²) in [7, 11) is -3.68. The van der Waals surface area contributed by atoms with Crippen LogP contribution in [0.3, 0.4) is 0 Å². The highest BCUT2D eigenvalue weighted by Gasteiger charge is 2.18. The molecule has 0 saturated carbocycles. The van der Waals surface area contributed by atoms with Gasteiger partial charge in [-0.2, -0.15) is 0 Å². The summed E-state index contributed by atoms with van der Waals surface area (Å²) in [6.45, 7) is 1.69. The average Bonchev–Trinajstić information content (AvgIpc) is 2.11. The van der Waals surface area contributed by atoms with Crippen LogP contribution in [-0.4, -0.2) is 27.5 Å². The maximum absolute atomic E-state index is 11.2. The number of halogens is 1. The number of rotatable bonds is 3. The van der Waals surface area contributed by atoms with Gasteiger partial charge in [0.1, 0.15) is 0 Å². The van der Waals surface area contributed by atoms with Gasteiger partial charge in [-0.25, -0.2) is 13.6 Å². The minimum Gasteiger partial charge on any atom is -0.379 e. The van der Waals surface area contributed by atoms with Crippen molar-refractivity contribution in [1.82, 2.24) is 5.32 Å². The van der Waals surface area contributed by atoms with Crippen molar-refractivity contribution in [3.05, 3.63) is 23.2 Å². The molecule has 0 atom stereocenters. The smallest absolute Gasteiger partial charge is 0.238 e. The van der Waals surface area contributed by atoms with Gasteiger partial charge in [0.25, 0.3) is 0 Å². The SMILES string of the molecule is NS(=O)(=O)c1ccc(Cl)c(NC2CNC2)c1. The first-order valence-electron chi connectivity index (χ1n) is 4.76. The predicted molar refractivity (Wildman–Crippen MR) is 63.1 cm³/mol. The molecule has 0 unspecified atom stereocenters. The number of primary sulfonamides is 1. The molecule has 0 bridgehead atoms. The van der Waals surface area contributed by atoms with E-state index in [0.29, 0.717) is 10.7 Å². The van der Waals surface area contributed by atoms with Crippen molar-refractivity contribution >= 4 is 27.3 Å². The van der Waals surface area contributed by atoms with Crippen LogP contribution in [0.15, 0.2) is 23.1 Å². The lowest BCUT2D eigenvalue weighted by Gasteiger charge is -2.29. The van der Waals surface area contributed by atoms with Crippen LogP contribution >= 0.6 is 11.6 Å². The van der Waals surface area contributed by atoms with Crippen LogP contribution < -0.4 is 15.8 Å². The Hall–Kier alpha value is -0.820. The molecule has 1 aliphatic rings. The second kappa shape index (κ2) is 4.21. The third kappa shape index (κ3) is 2.46. The summed E-state index contributed by atoms with van der Waals surface area (Å²) < 4.78 is 22.3. The Balaban J connectivity index is 2.28. The number of benzene rings is 1. The number of hydrogen-bond acceptors (Lipinski definition) is 4. The molecule has 1 heterocycles. The highest BCUT2D eigenvalue weighted by atomic mass is 35.5. The lowest BCUT2D eigenvalue weighted by Crippen LogP contribution is -2.51. The Morgan fingerprint density at radius 2 is 2.12 bits per heavy atom. The third-order valence-electron chi connectivity index (χ3n) is 2.41. The molecular weight excluding hydrogens is 250 g/mol. The fourth-order valence-electron chi connectivity index (χ4n) is 1.40. The second-order valence-corrected chi connectivity index (χ2v) is 5.65. The van der Waals surface area contributed by atoms with Gasteiger partial charge in [0.15, 0.2) is 0 Å². The van der Waals surface area contributed by atoms with Gasteiger partial charge in [-0.15, -0.1) is 0 Å². The average molecular weight is 262 g/mol. The highest BCUT2D eigenvalue weighted by molar-refractivity contribution is 7.89. The van der Waals surface area contributed by atoms with Crippen LogP contribution in [0.5, 0.6) is 0 Å². The van der Waals surface area contributed by atoms with E-state index in [1.165, 1.54) is 18.2 Å². The fraction of sp³-hybridized carbons (Fsp3) is 0.333. The van der Waals surface area contributed by atoms with Gasteiger partial charge in [0.2, 0.25) is 10.0 Å². The van der Waals surface area contributed by atoms with Crippen LogP contribution in [-0.2, 0) is 10.0 Å².